The number of hydrogen-bond donors (Lipinski definition) is 2. The van der Waals surface area contributed by atoms with Crippen LogP contribution in [-0.2, 0) is 10.0 Å². The van der Waals surface area contributed by atoms with Gasteiger partial charge < -0.3 is 10.4 Å². The van der Waals surface area contributed by atoms with Crippen LogP contribution in [0.4, 0.5) is 0 Å². The summed E-state index contributed by atoms with van der Waals surface area (Å²) >= 11 is 0. The first-order valence-electron chi connectivity index (χ1n) is 4.35. The number of hydrogen-bond acceptors (Lipinski definition) is 4. The molecule has 1 rings (SSSR count). The summed E-state index contributed by atoms with van der Waals surface area (Å²) in [7, 11) is -1.69. The minimum atomic E-state index is -3.19. The molecule has 1 saturated heterocycles. The lowest BCUT2D eigenvalue weighted by atomic mass is 10.4. The Morgan fingerprint density at radius 1 is 1.62 bits per heavy atom. The number of likely N-dealkylation sites (N-methyl/N-ethyl adjacent to an activating group) is 1. The largest absolute Gasteiger partial charge is 0.395 e. The molecule has 0 radical (unpaired) electrons. The fraction of sp³-hybridized carbons (Fsp3) is 1.00. The Morgan fingerprint density at radius 2 is 2.31 bits per heavy atom. The van der Waals surface area contributed by atoms with E-state index >= 15 is 0 Å². The molecule has 2 N–H and O–H groups in total. The first-order chi connectivity index (χ1) is 6.09. The molecule has 0 saturated carbocycles. The van der Waals surface area contributed by atoms with Gasteiger partial charge in [0.05, 0.1) is 11.9 Å². The summed E-state index contributed by atoms with van der Waals surface area (Å²) < 4.78 is 24.6. The molecule has 0 bridgehead atoms. The van der Waals surface area contributed by atoms with E-state index in [1.165, 1.54) is 11.4 Å². The van der Waals surface area contributed by atoms with Crippen LogP contribution in [0.5, 0.6) is 0 Å². The monoisotopic (exact) mass is 208 g/mol. The molecule has 1 unspecified atom stereocenters. The van der Waals surface area contributed by atoms with Gasteiger partial charge in [-0.15, -0.1) is 0 Å². The van der Waals surface area contributed by atoms with Crippen LogP contribution in [0.2, 0.25) is 0 Å². The second-order valence-electron chi connectivity index (χ2n) is 3.20. The third-order valence-corrected chi connectivity index (χ3v) is 4.58. The van der Waals surface area contributed by atoms with Crippen LogP contribution in [0.15, 0.2) is 0 Å². The third kappa shape index (κ3) is 2.40. The molecule has 0 aromatic carbocycles. The average Bonchev–Trinajstić information content (AvgIpc) is 2.56. The van der Waals surface area contributed by atoms with Crippen LogP contribution in [0, 0.1) is 0 Å². The molecular formula is C7H16N2O3S. The summed E-state index contributed by atoms with van der Waals surface area (Å²) in [5.74, 6) is 0. The number of nitrogens with one attached hydrogen (secondary N) is 1. The minimum absolute atomic E-state index is 0.129. The van der Waals surface area contributed by atoms with E-state index in [1.54, 1.807) is 0 Å². The number of aliphatic hydroxyl groups excluding tert-OH is 1. The van der Waals surface area contributed by atoms with Gasteiger partial charge in [0.1, 0.15) is 0 Å². The summed E-state index contributed by atoms with van der Waals surface area (Å²) in [5.41, 5.74) is 0. The van der Waals surface area contributed by atoms with Crippen LogP contribution in [0.3, 0.4) is 0 Å². The average molecular weight is 208 g/mol. The van der Waals surface area contributed by atoms with Gasteiger partial charge in [0.2, 0.25) is 10.0 Å². The lowest BCUT2D eigenvalue weighted by Crippen LogP contribution is -2.38. The van der Waals surface area contributed by atoms with Crippen LogP contribution in [0.1, 0.15) is 6.42 Å². The molecule has 1 atom stereocenters. The van der Waals surface area contributed by atoms with Gasteiger partial charge in [-0.2, -0.15) is 0 Å². The summed E-state index contributed by atoms with van der Waals surface area (Å²) in [6.07, 6.45) is 0.665. The van der Waals surface area contributed by atoms with E-state index in [0.717, 1.165) is 6.54 Å². The van der Waals surface area contributed by atoms with Crippen LogP contribution in [-0.4, -0.2) is 56.4 Å². The first kappa shape index (κ1) is 10.9. The van der Waals surface area contributed by atoms with Crippen molar-refractivity contribution < 1.29 is 13.5 Å². The number of rotatable bonds is 4. The zero-order chi connectivity index (χ0) is 9.90. The molecule has 1 fully saturated rings. The Hall–Kier alpha value is -0.170. The lowest BCUT2D eigenvalue weighted by molar-refractivity contribution is 0.266. The zero-order valence-electron chi connectivity index (χ0n) is 7.73. The van der Waals surface area contributed by atoms with Crippen molar-refractivity contribution in [1.29, 1.82) is 0 Å². The number of sulfonamides is 1. The lowest BCUT2D eigenvalue weighted by Gasteiger charge is -2.19. The fourth-order valence-corrected chi connectivity index (χ4v) is 2.99. The Bertz CT molecular complexity index is 246. The maximum atomic E-state index is 11.7. The van der Waals surface area contributed by atoms with Gasteiger partial charge in [0, 0.05) is 20.1 Å². The highest BCUT2D eigenvalue weighted by Crippen LogP contribution is 2.13. The van der Waals surface area contributed by atoms with E-state index in [-0.39, 0.29) is 18.4 Å². The van der Waals surface area contributed by atoms with Crippen LogP contribution >= 0.6 is 0 Å². The Balaban J connectivity index is 2.63. The molecule has 1 aliphatic rings. The molecule has 1 heterocycles. The van der Waals surface area contributed by atoms with Gasteiger partial charge in [-0.3, -0.25) is 0 Å². The number of aliphatic hydroxyl groups is 1. The molecular weight excluding hydrogens is 192 g/mol. The topological polar surface area (TPSA) is 69.6 Å². The summed E-state index contributed by atoms with van der Waals surface area (Å²) in [6.45, 7) is 1.34. The molecule has 0 aromatic rings. The van der Waals surface area contributed by atoms with Gasteiger partial charge in [-0.1, -0.05) is 0 Å². The zero-order valence-corrected chi connectivity index (χ0v) is 8.55. The fourth-order valence-electron chi connectivity index (χ4n) is 1.40. The molecule has 78 valence electrons. The van der Waals surface area contributed by atoms with Gasteiger partial charge in [0.25, 0.3) is 0 Å². The van der Waals surface area contributed by atoms with Crippen molar-refractivity contribution in [2.75, 3.05) is 33.3 Å². The van der Waals surface area contributed by atoms with E-state index in [9.17, 15) is 8.42 Å². The Morgan fingerprint density at radius 3 is 2.77 bits per heavy atom. The van der Waals surface area contributed by atoms with Crippen molar-refractivity contribution in [1.82, 2.24) is 9.62 Å². The van der Waals surface area contributed by atoms with Crippen molar-refractivity contribution in [2.24, 2.45) is 0 Å². The Kier molecular flexibility index (Phi) is 3.66. The Labute approximate surface area is 78.8 Å². The molecule has 1 aliphatic heterocycles. The van der Waals surface area contributed by atoms with Crippen molar-refractivity contribution in [3.8, 4) is 0 Å². The quantitative estimate of drug-likeness (QED) is 0.596. The van der Waals surface area contributed by atoms with Crippen molar-refractivity contribution in [2.45, 2.75) is 11.7 Å². The molecule has 0 aliphatic carbocycles. The van der Waals surface area contributed by atoms with E-state index in [4.69, 9.17) is 5.11 Å². The van der Waals surface area contributed by atoms with E-state index in [0.29, 0.717) is 13.0 Å². The van der Waals surface area contributed by atoms with Crippen molar-refractivity contribution in [3.63, 3.8) is 0 Å². The van der Waals surface area contributed by atoms with E-state index < -0.39 is 10.0 Å². The second kappa shape index (κ2) is 4.36. The molecule has 0 amide bonds. The maximum Gasteiger partial charge on any atom is 0.218 e. The molecule has 5 nitrogen and oxygen atoms in total. The SMILES string of the molecule is CN(CCO)S(=O)(=O)C1CCNC1. The summed E-state index contributed by atoms with van der Waals surface area (Å²) in [6, 6.07) is 0. The van der Waals surface area contributed by atoms with Gasteiger partial charge >= 0.3 is 0 Å². The maximum absolute atomic E-state index is 11.7. The van der Waals surface area contributed by atoms with Gasteiger partial charge in [-0.25, -0.2) is 12.7 Å². The van der Waals surface area contributed by atoms with Crippen molar-refractivity contribution >= 4 is 10.0 Å². The predicted octanol–water partition coefficient (Wildman–Crippen LogP) is -1.40. The standard InChI is InChI=1S/C7H16N2O3S/c1-9(4-5-10)13(11,12)7-2-3-8-6-7/h7-8,10H,2-6H2,1H3. The molecule has 13 heavy (non-hydrogen) atoms. The number of nitrogens with zero attached hydrogens (tertiary/aromatic N) is 1. The highest BCUT2D eigenvalue weighted by molar-refractivity contribution is 7.89. The van der Waals surface area contributed by atoms with Gasteiger partial charge in [-0.05, 0) is 13.0 Å². The van der Waals surface area contributed by atoms with Gasteiger partial charge in [0.15, 0.2) is 0 Å². The first-order valence-corrected chi connectivity index (χ1v) is 5.86. The molecule has 6 heteroatoms. The van der Waals surface area contributed by atoms with E-state index in [1.807, 2.05) is 0 Å². The smallest absolute Gasteiger partial charge is 0.218 e. The molecule has 0 spiro atoms. The van der Waals surface area contributed by atoms with Crippen LogP contribution < -0.4 is 5.32 Å². The normalized spacial score (nSPS) is 24.1. The predicted molar refractivity (Wildman–Crippen MR) is 49.9 cm³/mol. The van der Waals surface area contributed by atoms with Crippen LogP contribution in [0.25, 0.3) is 0 Å². The summed E-state index contributed by atoms with van der Waals surface area (Å²) in [5, 5.41) is 11.3. The highest BCUT2D eigenvalue weighted by atomic mass is 32.2. The van der Waals surface area contributed by atoms with Crippen molar-refractivity contribution in [3.05, 3.63) is 0 Å². The van der Waals surface area contributed by atoms with E-state index in [2.05, 4.69) is 5.32 Å². The third-order valence-electron chi connectivity index (χ3n) is 2.29. The minimum Gasteiger partial charge on any atom is -0.395 e. The second-order valence-corrected chi connectivity index (χ2v) is 5.52. The summed E-state index contributed by atoms with van der Waals surface area (Å²) in [4.78, 5) is 0. The molecule has 0 aromatic heterocycles. The highest BCUT2D eigenvalue weighted by Gasteiger charge is 2.31.